The molecule has 3 nitrogen and oxygen atoms in total. The van der Waals surface area contributed by atoms with Crippen molar-refractivity contribution in [2.45, 2.75) is 31.5 Å². The predicted octanol–water partition coefficient (Wildman–Crippen LogP) is 2.63. The number of nitrogen functional groups attached to an aromatic ring is 1. The van der Waals surface area contributed by atoms with E-state index in [1.165, 1.54) is 0 Å². The van der Waals surface area contributed by atoms with E-state index in [0.29, 0.717) is 5.69 Å². The van der Waals surface area contributed by atoms with Crippen molar-refractivity contribution in [1.29, 1.82) is 0 Å². The van der Waals surface area contributed by atoms with Crippen molar-refractivity contribution in [2.75, 3.05) is 12.3 Å². The Morgan fingerprint density at radius 3 is 2.94 bits per heavy atom. The number of hydrogen-bond donors (Lipinski definition) is 2. The Labute approximate surface area is 104 Å². The minimum atomic E-state index is -0.627. The lowest BCUT2D eigenvalue weighted by atomic mass is 9.97. The predicted molar refractivity (Wildman–Crippen MR) is 67.1 cm³/mol. The van der Waals surface area contributed by atoms with Crippen LogP contribution in [0, 0.1) is 0 Å². The lowest BCUT2D eigenvalue weighted by Gasteiger charge is -2.28. The summed E-state index contributed by atoms with van der Waals surface area (Å²) >= 11 is 3.36. The molecule has 1 saturated heterocycles. The second-order valence-corrected chi connectivity index (χ2v) is 4.95. The van der Waals surface area contributed by atoms with Gasteiger partial charge in [-0.2, -0.15) is 0 Å². The van der Waals surface area contributed by atoms with Crippen molar-refractivity contribution in [3.8, 4) is 0 Å². The molecule has 1 aliphatic heterocycles. The lowest BCUT2D eigenvalue weighted by Crippen LogP contribution is -2.26. The van der Waals surface area contributed by atoms with E-state index in [2.05, 4.69) is 15.9 Å². The van der Waals surface area contributed by atoms with Crippen LogP contribution in [0.25, 0.3) is 0 Å². The van der Waals surface area contributed by atoms with Crippen molar-refractivity contribution < 1.29 is 9.84 Å². The van der Waals surface area contributed by atoms with Crippen molar-refractivity contribution in [1.82, 2.24) is 0 Å². The molecule has 0 bridgehead atoms. The van der Waals surface area contributed by atoms with Crippen LogP contribution in [-0.4, -0.2) is 17.8 Å². The minimum absolute atomic E-state index is 0.120. The Hall–Kier alpha value is -0.580. The Morgan fingerprint density at radius 2 is 2.25 bits per heavy atom. The number of para-hydroxylation sites is 1. The molecule has 1 aliphatic rings. The van der Waals surface area contributed by atoms with Gasteiger partial charge >= 0.3 is 0 Å². The van der Waals surface area contributed by atoms with Gasteiger partial charge in [-0.15, -0.1) is 0 Å². The third-order valence-corrected chi connectivity index (χ3v) is 3.66. The fourth-order valence-corrected chi connectivity index (χ4v) is 2.41. The van der Waals surface area contributed by atoms with Gasteiger partial charge in [-0.05, 0) is 41.3 Å². The molecule has 0 aromatic heterocycles. The Morgan fingerprint density at radius 1 is 1.44 bits per heavy atom. The summed E-state index contributed by atoms with van der Waals surface area (Å²) in [5.74, 6) is 0. The zero-order chi connectivity index (χ0) is 11.5. The number of ether oxygens (including phenoxy) is 1. The van der Waals surface area contributed by atoms with Crippen molar-refractivity contribution in [3.63, 3.8) is 0 Å². The van der Waals surface area contributed by atoms with Gasteiger partial charge in [0.25, 0.3) is 0 Å². The smallest absolute Gasteiger partial charge is 0.107 e. The van der Waals surface area contributed by atoms with Gasteiger partial charge in [0.15, 0.2) is 0 Å². The van der Waals surface area contributed by atoms with Crippen LogP contribution in [0.3, 0.4) is 0 Å². The van der Waals surface area contributed by atoms with Crippen LogP contribution in [0.15, 0.2) is 22.7 Å². The first-order chi connectivity index (χ1) is 7.70. The van der Waals surface area contributed by atoms with Crippen LogP contribution < -0.4 is 5.73 Å². The summed E-state index contributed by atoms with van der Waals surface area (Å²) in [4.78, 5) is 0. The molecule has 3 N–H and O–H groups in total. The molecule has 16 heavy (non-hydrogen) atoms. The minimum Gasteiger partial charge on any atom is -0.398 e. The van der Waals surface area contributed by atoms with Crippen LogP contribution in [0.4, 0.5) is 5.69 Å². The van der Waals surface area contributed by atoms with Crippen molar-refractivity contribution in [3.05, 3.63) is 28.2 Å². The number of aliphatic hydroxyl groups is 1. The van der Waals surface area contributed by atoms with E-state index in [-0.39, 0.29) is 6.10 Å². The molecule has 1 aromatic rings. The third-order valence-electron chi connectivity index (χ3n) is 2.97. The molecule has 1 heterocycles. The summed E-state index contributed by atoms with van der Waals surface area (Å²) in [6.45, 7) is 0.732. The van der Waals surface area contributed by atoms with Crippen LogP contribution in [0.1, 0.15) is 30.9 Å². The van der Waals surface area contributed by atoms with Gasteiger partial charge < -0.3 is 15.6 Å². The molecule has 2 unspecified atom stereocenters. The average molecular weight is 286 g/mol. The normalized spacial score (nSPS) is 23.0. The maximum atomic E-state index is 10.2. The Kier molecular flexibility index (Phi) is 3.84. The van der Waals surface area contributed by atoms with Gasteiger partial charge in [0, 0.05) is 16.6 Å². The van der Waals surface area contributed by atoms with Gasteiger partial charge in [0.05, 0.1) is 11.8 Å². The summed E-state index contributed by atoms with van der Waals surface area (Å²) in [5, 5.41) is 10.2. The number of benzene rings is 1. The van der Waals surface area contributed by atoms with Crippen LogP contribution >= 0.6 is 15.9 Å². The zero-order valence-corrected chi connectivity index (χ0v) is 10.6. The van der Waals surface area contributed by atoms with E-state index in [4.69, 9.17) is 10.5 Å². The van der Waals surface area contributed by atoms with E-state index in [9.17, 15) is 5.11 Å². The molecule has 4 heteroatoms. The third kappa shape index (κ3) is 2.39. The number of rotatable bonds is 2. The molecular weight excluding hydrogens is 270 g/mol. The number of anilines is 1. The summed E-state index contributed by atoms with van der Waals surface area (Å²) in [7, 11) is 0. The fourth-order valence-electron chi connectivity index (χ4n) is 2.03. The van der Waals surface area contributed by atoms with E-state index in [0.717, 1.165) is 35.9 Å². The average Bonchev–Trinajstić information content (AvgIpc) is 2.33. The Balaban J connectivity index is 2.19. The maximum absolute atomic E-state index is 10.2. The highest BCUT2D eigenvalue weighted by Crippen LogP contribution is 2.33. The molecule has 0 aliphatic carbocycles. The van der Waals surface area contributed by atoms with Crippen molar-refractivity contribution in [2.24, 2.45) is 0 Å². The van der Waals surface area contributed by atoms with E-state index >= 15 is 0 Å². The second-order valence-electron chi connectivity index (χ2n) is 4.09. The standard InChI is InChI=1S/C12H16BrNO2/c13-9-5-3-4-8(11(9)14)12(15)10-6-1-2-7-16-10/h3-5,10,12,15H,1-2,6-7,14H2. The second kappa shape index (κ2) is 5.17. The summed E-state index contributed by atoms with van der Waals surface area (Å²) in [5.41, 5.74) is 7.28. The van der Waals surface area contributed by atoms with Gasteiger partial charge in [-0.1, -0.05) is 12.1 Å². The van der Waals surface area contributed by atoms with Gasteiger partial charge in [0.1, 0.15) is 6.10 Å². The molecule has 88 valence electrons. The molecule has 0 spiro atoms. The maximum Gasteiger partial charge on any atom is 0.107 e. The molecule has 2 atom stereocenters. The topological polar surface area (TPSA) is 55.5 Å². The first-order valence-electron chi connectivity index (χ1n) is 5.53. The summed E-state index contributed by atoms with van der Waals surface area (Å²) in [6.07, 6.45) is 2.34. The van der Waals surface area contributed by atoms with Crippen LogP contribution in [0.2, 0.25) is 0 Å². The number of nitrogens with two attached hydrogens (primary N) is 1. The number of halogens is 1. The lowest BCUT2D eigenvalue weighted by molar-refractivity contribution is -0.0630. The molecular formula is C12H16BrNO2. The highest BCUT2D eigenvalue weighted by atomic mass is 79.9. The SMILES string of the molecule is Nc1c(Br)cccc1C(O)C1CCCCO1. The first-order valence-corrected chi connectivity index (χ1v) is 6.33. The van der Waals surface area contributed by atoms with E-state index in [1.807, 2.05) is 18.2 Å². The molecule has 1 fully saturated rings. The summed E-state index contributed by atoms with van der Waals surface area (Å²) < 4.78 is 6.39. The zero-order valence-electron chi connectivity index (χ0n) is 9.03. The molecule has 0 saturated carbocycles. The Bertz CT molecular complexity index is 364. The van der Waals surface area contributed by atoms with Crippen molar-refractivity contribution >= 4 is 21.6 Å². The van der Waals surface area contributed by atoms with Gasteiger partial charge in [-0.3, -0.25) is 0 Å². The highest BCUT2D eigenvalue weighted by molar-refractivity contribution is 9.10. The quantitative estimate of drug-likeness (QED) is 0.822. The van der Waals surface area contributed by atoms with E-state index < -0.39 is 6.10 Å². The van der Waals surface area contributed by atoms with Crippen LogP contribution in [0.5, 0.6) is 0 Å². The van der Waals surface area contributed by atoms with E-state index in [1.54, 1.807) is 0 Å². The fraction of sp³-hybridized carbons (Fsp3) is 0.500. The van der Waals surface area contributed by atoms with Crippen LogP contribution in [-0.2, 0) is 4.74 Å². The molecule has 0 amide bonds. The largest absolute Gasteiger partial charge is 0.398 e. The first kappa shape index (κ1) is 11.9. The molecule has 2 rings (SSSR count). The number of aliphatic hydroxyl groups excluding tert-OH is 1. The van der Waals surface area contributed by atoms with Gasteiger partial charge in [0.2, 0.25) is 0 Å². The summed E-state index contributed by atoms with van der Waals surface area (Å²) in [6, 6.07) is 5.60. The van der Waals surface area contributed by atoms with Gasteiger partial charge in [-0.25, -0.2) is 0 Å². The monoisotopic (exact) mass is 285 g/mol. The number of hydrogen-bond acceptors (Lipinski definition) is 3. The molecule has 0 radical (unpaired) electrons. The molecule has 1 aromatic carbocycles. The highest BCUT2D eigenvalue weighted by Gasteiger charge is 2.25.